The summed E-state index contributed by atoms with van der Waals surface area (Å²) in [5, 5.41) is 18.3. The molecule has 0 aliphatic heterocycles. The van der Waals surface area contributed by atoms with Gasteiger partial charge in [-0.2, -0.15) is 5.26 Å². The number of hydrogen-bond acceptors (Lipinski definition) is 6. The summed E-state index contributed by atoms with van der Waals surface area (Å²) in [5.74, 6) is 0.386. The molecule has 1 aromatic carbocycles. The van der Waals surface area contributed by atoms with Crippen LogP contribution in [0, 0.1) is 11.3 Å². The van der Waals surface area contributed by atoms with Crippen LogP contribution in [0.15, 0.2) is 57.1 Å². The molecular weight excluding hydrogens is 308 g/mol. The molecule has 0 spiro atoms. The van der Waals surface area contributed by atoms with Crippen LogP contribution in [-0.4, -0.2) is 15.2 Å². The van der Waals surface area contributed by atoms with E-state index in [1.807, 2.05) is 18.2 Å². The predicted octanol–water partition coefficient (Wildman–Crippen LogP) is 3.81. The van der Waals surface area contributed by atoms with Crippen LogP contribution in [0.4, 0.5) is 0 Å². The Labute approximate surface area is 129 Å². The molecule has 2 aromatic heterocycles. The Kier molecular flexibility index (Phi) is 3.86. The minimum atomic E-state index is 0.342. The van der Waals surface area contributed by atoms with E-state index in [2.05, 4.69) is 15.2 Å². The Balaban J connectivity index is 1.84. The summed E-state index contributed by atoms with van der Waals surface area (Å²) in [7, 11) is 0. The average Bonchev–Trinajstić information content (AvgIpc) is 2.96. The van der Waals surface area contributed by atoms with Crippen LogP contribution in [0.5, 0.6) is 0 Å². The monoisotopic (exact) mass is 314 g/mol. The van der Waals surface area contributed by atoms with Gasteiger partial charge in [0.15, 0.2) is 0 Å². The first-order chi connectivity index (χ1) is 10.2. The van der Waals surface area contributed by atoms with Gasteiger partial charge in [0.2, 0.25) is 5.89 Å². The summed E-state index contributed by atoms with van der Waals surface area (Å²) in [5.41, 5.74) is 1.09. The number of rotatable bonds is 3. The molecule has 0 bridgehead atoms. The zero-order valence-electron chi connectivity index (χ0n) is 10.5. The van der Waals surface area contributed by atoms with E-state index in [0.29, 0.717) is 26.9 Å². The van der Waals surface area contributed by atoms with Crippen LogP contribution in [-0.2, 0) is 0 Å². The lowest BCUT2D eigenvalue weighted by Gasteiger charge is -1.96. The first-order valence-electron chi connectivity index (χ1n) is 5.89. The van der Waals surface area contributed by atoms with Crippen LogP contribution in [0.1, 0.15) is 5.69 Å². The third kappa shape index (κ3) is 3.21. The zero-order chi connectivity index (χ0) is 14.7. The Morgan fingerprint density at radius 2 is 2.00 bits per heavy atom. The molecule has 7 heteroatoms. The van der Waals surface area contributed by atoms with Gasteiger partial charge in [-0.1, -0.05) is 23.7 Å². The highest BCUT2D eigenvalue weighted by molar-refractivity contribution is 7.99. The van der Waals surface area contributed by atoms with Gasteiger partial charge in [-0.25, -0.2) is 4.98 Å². The standard InChI is InChI=1S/C14H7ClN4OS/c15-10-4-1-3-9(7-10)13-18-19-14(20-13)21-12-6-2-5-11(8-16)17-12/h1-7H. The second-order valence-corrected chi connectivity index (χ2v) is 5.37. The molecule has 0 atom stereocenters. The number of halogens is 1. The molecule has 0 saturated carbocycles. The second-order valence-electron chi connectivity index (χ2n) is 3.96. The lowest BCUT2D eigenvalue weighted by Crippen LogP contribution is -1.84. The summed E-state index contributed by atoms with van der Waals surface area (Å²) in [4.78, 5) is 4.14. The molecular formula is C14H7ClN4OS. The number of pyridine rings is 1. The molecule has 3 aromatic rings. The highest BCUT2D eigenvalue weighted by Gasteiger charge is 2.11. The summed E-state index contributed by atoms with van der Waals surface area (Å²) >= 11 is 7.13. The summed E-state index contributed by atoms with van der Waals surface area (Å²) in [6, 6.07) is 14.3. The van der Waals surface area contributed by atoms with E-state index in [-0.39, 0.29) is 0 Å². The predicted molar refractivity (Wildman–Crippen MR) is 77.8 cm³/mol. The van der Waals surface area contributed by atoms with Crippen LogP contribution in [0.25, 0.3) is 11.5 Å². The number of nitrogens with zero attached hydrogens (tertiary/aromatic N) is 4. The van der Waals surface area contributed by atoms with Gasteiger partial charge in [0.05, 0.1) is 0 Å². The molecule has 0 N–H and O–H groups in total. The van der Waals surface area contributed by atoms with E-state index in [9.17, 15) is 0 Å². The molecule has 0 aliphatic carbocycles. The Bertz CT molecular complexity index is 828. The zero-order valence-corrected chi connectivity index (χ0v) is 12.1. The fourth-order valence-electron chi connectivity index (χ4n) is 1.61. The molecule has 2 heterocycles. The van der Waals surface area contributed by atoms with E-state index in [1.54, 1.807) is 30.3 Å². The van der Waals surface area contributed by atoms with Gasteiger partial charge in [0, 0.05) is 10.6 Å². The van der Waals surface area contributed by atoms with Crippen molar-refractivity contribution in [1.29, 1.82) is 5.26 Å². The fraction of sp³-hybridized carbons (Fsp3) is 0. The van der Waals surface area contributed by atoms with Crippen molar-refractivity contribution in [3.05, 3.63) is 53.2 Å². The molecule has 0 aliphatic rings. The van der Waals surface area contributed by atoms with Crippen molar-refractivity contribution in [2.75, 3.05) is 0 Å². The molecule has 0 unspecified atom stereocenters. The molecule has 0 fully saturated rings. The minimum absolute atomic E-state index is 0.342. The largest absolute Gasteiger partial charge is 0.411 e. The lowest BCUT2D eigenvalue weighted by molar-refractivity contribution is 0.465. The van der Waals surface area contributed by atoms with Gasteiger partial charge in [-0.15, -0.1) is 10.2 Å². The van der Waals surface area contributed by atoms with E-state index in [1.165, 1.54) is 11.8 Å². The first kappa shape index (κ1) is 13.6. The maximum atomic E-state index is 8.82. The SMILES string of the molecule is N#Cc1cccc(Sc2nnc(-c3cccc(Cl)c3)o2)n1. The van der Waals surface area contributed by atoms with Crippen molar-refractivity contribution in [3.63, 3.8) is 0 Å². The van der Waals surface area contributed by atoms with Gasteiger partial charge in [-0.05, 0) is 42.1 Å². The Morgan fingerprint density at radius 1 is 1.14 bits per heavy atom. The molecule has 21 heavy (non-hydrogen) atoms. The lowest BCUT2D eigenvalue weighted by atomic mass is 10.2. The number of benzene rings is 1. The van der Waals surface area contributed by atoms with Gasteiger partial charge < -0.3 is 4.42 Å². The van der Waals surface area contributed by atoms with Crippen molar-refractivity contribution >= 4 is 23.4 Å². The van der Waals surface area contributed by atoms with Gasteiger partial charge in [0.25, 0.3) is 5.22 Å². The van der Waals surface area contributed by atoms with E-state index >= 15 is 0 Å². The number of hydrogen-bond donors (Lipinski definition) is 0. The van der Waals surface area contributed by atoms with Crippen LogP contribution in [0.3, 0.4) is 0 Å². The van der Waals surface area contributed by atoms with Gasteiger partial charge in [-0.3, -0.25) is 0 Å². The van der Waals surface area contributed by atoms with Crippen molar-refractivity contribution in [1.82, 2.24) is 15.2 Å². The normalized spacial score (nSPS) is 10.3. The molecule has 0 radical (unpaired) electrons. The molecule has 0 amide bonds. The fourth-order valence-corrected chi connectivity index (χ4v) is 2.47. The molecule has 5 nitrogen and oxygen atoms in total. The molecule has 0 saturated heterocycles. The smallest absolute Gasteiger partial charge is 0.283 e. The Morgan fingerprint density at radius 3 is 2.81 bits per heavy atom. The van der Waals surface area contributed by atoms with Crippen molar-refractivity contribution < 1.29 is 4.42 Å². The maximum Gasteiger partial charge on any atom is 0.283 e. The summed E-state index contributed by atoms with van der Waals surface area (Å²) in [6.07, 6.45) is 0. The average molecular weight is 315 g/mol. The third-order valence-corrected chi connectivity index (χ3v) is 3.52. The number of aromatic nitrogens is 3. The quantitative estimate of drug-likeness (QED) is 0.731. The Hall–Kier alpha value is -2.36. The van der Waals surface area contributed by atoms with Crippen molar-refractivity contribution in [2.24, 2.45) is 0 Å². The van der Waals surface area contributed by atoms with Crippen molar-refractivity contribution in [2.45, 2.75) is 10.2 Å². The maximum absolute atomic E-state index is 8.82. The molecule has 102 valence electrons. The van der Waals surface area contributed by atoms with E-state index < -0.39 is 0 Å². The van der Waals surface area contributed by atoms with Crippen LogP contribution < -0.4 is 0 Å². The minimum Gasteiger partial charge on any atom is -0.411 e. The van der Waals surface area contributed by atoms with Crippen molar-refractivity contribution in [3.8, 4) is 17.5 Å². The summed E-state index contributed by atoms with van der Waals surface area (Å²) in [6.45, 7) is 0. The summed E-state index contributed by atoms with van der Waals surface area (Å²) < 4.78 is 5.56. The second kappa shape index (κ2) is 5.95. The van der Waals surface area contributed by atoms with Crippen LogP contribution in [0.2, 0.25) is 5.02 Å². The highest BCUT2D eigenvalue weighted by atomic mass is 35.5. The topological polar surface area (TPSA) is 75.6 Å². The van der Waals surface area contributed by atoms with E-state index in [0.717, 1.165) is 5.56 Å². The van der Waals surface area contributed by atoms with Crippen LogP contribution >= 0.6 is 23.4 Å². The number of nitriles is 1. The van der Waals surface area contributed by atoms with Gasteiger partial charge in [0.1, 0.15) is 16.8 Å². The molecule has 3 rings (SSSR count). The van der Waals surface area contributed by atoms with E-state index in [4.69, 9.17) is 21.3 Å². The first-order valence-corrected chi connectivity index (χ1v) is 7.08. The van der Waals surface area contributed by atoms with Gasteiger partial charge >= 0.3 is 0 Å². The third-order valence-electron chi connectivity index (χ3n) is 2.51. The highest BCUT2D eigenvalue weighted by Crippen LogP contribution is 2.28.